The second-order valence-electron chi connectivity index (χ2n) is 4.63. The number of nitrogens with one attached hydrogen (secondary N) is 1. The van der Waals surface area contributed by atoms with E-state index in [1.54, 1.807) is 0 Å². The number of sulfonamides is 1. The summed E-state index contributed by atoms with van der Waals surface area (Å²) in [6.45, 7) is 0. The molecule has 0 spiro atoms. The van der Waals surface area contributed by atoms with Crippen LogP contribution in [-0.2, 0) is 21.0 Å². The van der Waals surface area contributed by atoms with Crippen LogP contribution in [0.4, 0.5) is 13.2 Å². The maximum atomic E-state index is 12.4. The van der Waals surface area contributed by atoms with E-state index in [4.69, 9.17) is 4.84 Å². The zero-order chi connectivity index (χ0) is 14.8. The first-order valence-corrected chi connectivity index (χ1v) is 7.62. The summed E-state index contributed by atoms with van der Waals surface area (Å²) < 4.78 is 60.8. The van der Waals surface area contributed by atoms with Gasteiger partial charge in [0, 0.05) is 0 Å². The number of hydrogen-bond donors (Lipinski definition) is 1. The van der Waals surface area contributed by atoms with Crippen LogP contribution in [0.25, 0.3) is 0 Å². The molecule has 1 aromatic rings. The van der Waals surface area contributed by atoms with Crippen LogP contribution < -0.4 is 4.89 Å². The van der Waals surface area contributed by atoms with Crippen LogP contribution in [0, 0.1) is 0 Å². The van der Waals surface area contributed by atoms with Gasteiger partial charge in [-0.25, -0.2) is 8.42 Å². The summed E-state index contributed by atoms with van der Waals surface area (Å²) in [7, 11) is -3.95. The monoisotopic (exact) mass is 309 g/mol. The van der Waals surface area contributed by atoms with Crippen LogP contribution in [0.5, 0.6) is 0 Å². The summed E-state index contributed by atoms with van der Waals surface area (Å²) in [5, 5.41) is 0. The summed E-state index contributed by atoms with van der Waals surface area (Å²) in [5.74, 6) is 0. The average Bonchev–Trinajstić information content (AvgIpc) is 2.89. The van der Waals surface area contributed by atoms with E-state index in [0.717, 1.165) is 49.9 Å². The van der Waals surface area contributed by atoms with Gasteiger partial charge in [0.1, 0.15) is 0 Å². The molecule has 4 nitrogen and oxygen atoms in total. The van der Waals surface area contributed by atoms with Crippen molar-refractivity contribution < 1.29 is 26.4 Å². The van der Waals surface area contributed by atoms with Gasteiger partial charge in [-0.1, -0.05) is 17.7 Å². The minimum absolute atomic E-state index is 0.167. The Labute approximate surface area is 114 Å². The second kappa shape index (κ2) is 5.71. The van der Waals surface area contributed by atoms with Crippen molar-refractivity contribution in [2.75, 3.05) is 0 Å². The van der Waals surface area contributed by atoms with Crippen molar-refractivity contribution in [2.45, 2.75) is 42.9 Å². The zero-order valence-electron chi connectivity index (χ0n) is 10.5. The number of rotatable bonds is 4. The SMILES string of the molecule is O=S(=O)(NOC1CCCC1)c1ccc(C(F)(F)F)cc1. The molecule has 1 aliphatic rings. The molecule has 0 saturated heterocycles. The van der Waals surface area contributed by atoms with Crippen LogP contribution in [0.1, 0.15) is 31.2 Å². The van der Waals surface area contributed by atoms with Crippen LogP contribution in [0.2, 0.25) is 0 Å². The van der Waals surface area contributed by atoms with E-state index in [2.05, 4.69) is 0 Å². The maximum Gasteiger partial charge on any atom is 0.416 e. The van der Waals surface area contributed by atoms with Crippen molar-refractivity contribution >= 4 is 10.0 Å². The van der Waals surface area contributed by atoms with Gasteiger partial charge in [0.05, 0.1) is 16.6 Å². The van der Waals surface area contributed by atoms with Crippen molar-refractivity contribution in [2.24, 2.45) is 0 Å². The summed E-state index contributed by atoms with van der Waals surface area (Å²) in [4.78, 5) is 6.77. The van der Waals surface area contributed by atoms with Crippen molar-refractivity contribution in [3.8, 4) is 0 Å². The van der Waals surface area contributed by atoms with Gasteiger partial charge in [0.15, 0.2) is 0 Å². The van der Waals surface area contributed by atoms with Gasteiger partial charge in [-0.2, -0.15) is 13.2 Å². The fourth-order valence-corrected chi connectivity index (χ4v) is 2.86. The van der Waals surface area contributed by atoms with E-state index >= 15 is 0 Å². The molecule has 1 aromatic carbocycles. The third-order valence-electron chi connectivity index (χ3n) is 3.12. The molecule has 1 N–H and O–H groups in total. The Bertz CT molecular complexity index is 548. The summed E-state index contributed by atoms with van der Waals surface area (Å²) in [6.07, 6.45) is -1.15. The highest BCUT2D eigenvalue weighted by Crippen LogP contribution is 2.29. The van der Waals surface area contributed by atoms with Crippen molar-refractivity contribution in [1.82, 2.24) is 4.89 Å². The molecule has 8 heteroatoms. The lowest BCUT2D eigenvalue weighted by atomic mass is 10.2. The van der Waals surface area contributed by atoms with E-state index < -0.39 is 21.8 Å². The van der Waals surface area contributed by atoms with E-state index in [1.165, 1.54) is 0 Å². The highest BCUT2D eigenvalue weighted by Gasteiger charge is 2.30. The Morgan fingerprint density at radius 3 is 2.15 bits per heavy atom. The first-order valence-electron chi connectivity index (χ1n) is 6.14. The predicted molar refractivity (Wildman–Crippen MR) is 65.1 cm³/mol. The van der Waals surface area contributed by atoms with E-state index in [0.29, 0.717) is 0 Å². The molecular weight excluding hydrogens is 295 g/mol. The first kappa shape index (κ1) is 15.3. The smallest absolute Gasteiger partial charge is 0.284 e. The fraction of sp³-hybridized carbons (Fsp3) is 0.500. The molecule has 0 aromatic heterocycles. The summed E-state index contributed by atoms with van der Waals surface area (Å²) in [6, 6.07) is 3.26. The van der Waals surface area contributed by atoms with E-state index in [9.17, 15) is 21.6 Å². The highest BCUT2D eigenvalue weighted by molar-refractivity contribution is 7.89. The van der Waals surface area contributed by atoms with Gasteiger partial charge in [-0.3, -0.25) is 4.84 Å². The Morgan fingerprint density at radius 1 is 1.10 bits per heavy atom. The fourth-order valence-electron chi connectivity index (χ4n) is 2.01. The molecule has 0 bridgehead atoms. The van der Waals surface area contributed by atoms with Gasteiger partial charge in [0.25, 0.3) is 10.0 Å². The molecule has 0 radical (unpaired) electrons. The molecule has 1 saturated carbocycles. The van der Waals surface area contributed by atoms with Gasteiger partial charge in [-0.05, 0) is 37.1 Å². The Hall–Kier alpha value is -1.12. The summed E-state index contributed by atoms with van der Waals surface area (Å²) in [5.41, 5.74) is -0.895. The number of alkyl halides is 3. The molecule has 0 unspecified atom stereocenters. The molecule has 0 aliphatic heterocycles. The van der Waals surface area contributed by atoms with Crippen LogP contribution in [0.15, 0.2) is 29.2 Å². The Morgan fingerprint density at radius 2 is 1.65 bits per heavy atom. The molecular formula is C12H14F3NO3S. The second-order valence-corrected chi connectivity index (χ2v) is 6.28. The van der Waals surface area contributed by atoms with Gasteiger partial charge < -0.3 is 0 Å². The normalized spacial score (nSPS) is 17.6. The Kier molecular flexibility index (Phi) is 4.36. The number of halogens is 3. The largest absolute Gasteiger partial charge is 0.416 e. The van der Waals surface area contributed by atoms with E-state index in [1.807, 2.05) is 4.89 Å². The molecule has 1 aliphatic carbocycles. The molecule has 1 fully saturated rings. The standard InChI is InChI=1S/C12H14F3NO3S/c13-12(14,15)9-5-7-11(8-6-9)20(17,18)16-19-10-3-1-2-4-10/h5-8,10,16H,1-4H2. The Balaban J connectivity index is 2.05. The third-order valence-corrected chi connectivity index (χ3v) is 4.33. The lowest BCUT2D eigenvalue weighted by Gasteiger charge is -2.12. The maximum absolute atomic E-state index is 12.4. The van der Waals surface area contributed by atoms with Crippen LogP contribution in [-0.4, -0.2) is 14.5 Å². The molecule has 0 atom stereocenters. The van der Waals surface area contributed by atoms with Gasteiger partial charge >= 0.3 is 6.18 Å². The third kappa shape index (κ3) is 3.71. The quantitative estimate of drug-likeness (QED) is 0.870. The van der Waals surface area contributed by atoms with Crippen LogP contribution >= 0.6 is 0 Å². The minimum Gasteiger partial charge on any atom is -0.284 e. The van der Waals surface area contributed by atoms with Crippen molar-refractivity contribution in [3.63, 3.8) is 0 Å². The number of benzene rings is 1. The topological polar surface area (TPSA) is 55.4 Å². The minimum atomic E-state index is -4.49. The average molecular weight is 309 g/mol. The molecule has 0 amide bonds. The van der Waals surface area contributed by atoms with Crippen molar-refractivity contribution in [1.29, 1.82) is 0 Å². The number of hydrogen-bond acceptors (Lipinski definition) is 3. The molecule has 2 rings (SSSR count). The van der Waals surface area contributed by atoms with Crippen molar-refractivity contribution in [3.05, 3.63) is 29.8 Å². The van der Waals surface area contributed by atoms with Crippen LogP contribution in [0.3, 0.4) is 0 Å². The van der Waals surface area contributed by atoms with Gasteiger partial charge in [-0.15, -0.1) is 0 Å². The zero-order valence-corrected chi connectivity index (χ0v) is 11.3. The predicted octanol–water partition coefficient (Wildman–Crippen LogP) is 2.86. The molecule has 0 heterocycles. The lowest BCUT2D eigenvalue weighted by Crippen LogP contribution is -2.28. The molecule has 112 valence electrons. The summed E-state index contributed by atoms with van der Waals surface area (Å²) >= 11 is 0. The molecule has 20 heavy (non-hydrogen) atoms. The lowest BCUT2D eigenvalue weighted by molar-refractivity contribution is -0.137. The van der Waals surface area contributed by atoms with Gasteiger partial charge in [0.2, 0.25) is 0 Å². The van der Waals surface area contributed by atoms with E-state index in [-0.39, 0.29) is 11.0 Å². The highest BCUT2D eigenvalue weighted by atomic mass is 32.2. The first-order chi connectivity index (χ1) is 9.29.